The molecule has 0 spiro atoms. The van der Waals surface area contributed by atoms with Crippen LogP contribution in [0.15, 0.2) is 28.7 Å². The summed E-state index contributed by atoms with van der Waals surface area (Å²) in [6, 6.07) is 8.69. The quantitative estimate of drug-likeness (QED) is 0.836. The Labute approximate surface area is 125 Å². The van der Waals surface area contributed by atoms with Gasteiger partial charge in [0, 0.05) is 24.1 Å². The van der Waals surface area contributed by atoms with Crippen molar-refractivity contribution in [1.82, 2.24) is 4.90 Å². The summed E-state index contributed by atoms with van der Waals surface area (Å²) in [6.45, 7) is 7.38. The average molecular weight is 285 g/mol. The van der Waals surface area contributed by atoms with Gasteiger partial charge in [-0.25, -0.2) is 0 Å². The van der Waals surface area contributed by atoms with E-state index in [1.54, 1.807) is 0 Å². The third-order valence-electron chi connectivity index (χ3n) is 5.16. The van der Waals surface area contributed by atoms with Gasteiger partial charge in [-0.3, -0.25) is 4.90 Å². The van der Waals surface area contributed by atoms with Crippen LogP contribution in [0.1, 0.15) is 44.1 Å². The number of furan rings is 1. The maximum atomic E-state index is 6.28. The van der Waals surface area contributed by atoms with E-state index >= 15 is 0 Å². The van der Waals surface area contributed by atoms with Crippen molar-refractivity contribution in [2.24, 2.45) is 0 Å². The summed E-state index contributed by atoms with van der Waals surface area (Å²) in [6.07, 6.45) is 3.41. The highest BCUT2D eigenvalue weighted by Gasteiger charge is 2.47. The molecule has 4 rings (SSSR count). The predicted octanol–water partition coefficient (Wildman–Crippen LogP) is 3.92. The molecule has 1 fully saturated rings. The fraction of sp³-hybridized carbons (Fsp3) is 0.556. The molecule has 3 nitrogen and oxygen atoms in total. The van der Waals surface area contributed by atoms with Gasteiger partial charge in [-0.05, 0) is 45.7 Å². The average Bonchev–Trinajstić information content (AvgIpc) is 2.85. The third kappa shape index (κ3) is 1.95. The monoisotopic (exact) mass is 285 g/mol. The van der Waals surface area contributed by atoms with Crippen molar-refractivity contribution in [2.75, 3.05) is 19.7 Å². The number of piperidine rings is 1. The SMILES string of the molecule is CCO[C@]1(C)CCCN2CCc3c(oc4ccccc34)[C@H]21. The molecular formula is C18H23NO2. The molecule has 2 aromatic rings. The summed E-state index contributed by atoms with van der Waals surface area (Å²) in [5.74, 6) is 1.15. The number of nitrogens with zero attached hydrogens (tertiary/aromatic N) is 1. The fourth-order valence-corrected chi connectivity index (χ4v) is 4.30. The molecule has 0 radical (unpaired) electrons. The van der Waals surface area contributed by atoms with Gasteiger partial charge in [0.15, 0.2) is 0 Å². The smallest absolute Gasteiger partial charge is 0.134 e. The summed E-state index contributed by atoms with van der Waals surface area (Å²) in [5.41, 5.74) is 2.30. The van der Waals surface area contributed by atoms with E-state index in [2.05, 4.69) is 43.0 Å². The predicted molar refractivity (Wildman–Crippen MR) is 83.5 cm³/mol. The van der Waals surface area contributed by atoms with Crippen LogP contribution in [0.25, 0.3) is 11.0 Å². The van der Waals surface area contributed by atoms with Crippen molar-refractivity contribution in [3.8, 4) is 0 Å². The molecule has 1 aromatic carbocycles. The van der Waals surface area contributed by atoms with Crippen molar-refractivity contribution in [3.63, 3.8) is 0 Å². The zero-order valence-corrected chi connectivity index (χ0v) is 12.9. The fourth-order valence-electron chi connectivity index (χ4n) is 4.30. The summed E-state index contributed by atoms with van der Waals surface area (Å²) < 4.78 is 12.5. The molecule has 112 valence electrons. The lowest BCUT2D eigenvalue weighted by Crippen LogP contribution is -2.52. The highest BCUT2D eigenvalue weighted by molar-refractivity contribution is 5.82. The van der Waals surface area contributed by atoms with Crippen LogP contribution in [-0.2, 0) is 11.2 Å². The first-order valence-corrected chi connectivity index (χ1v) is 8.11. The maximum absolute atomic E-state index is 6.28. The highest BCUT2D eigenvalue weighted by Crippen LogP contribution is 2.47. The van der Waals surface area contributed by atoms with Crippen LogP contribution in [-0.4, -0.2) is 30.2 Å². The van der Waals surface area contributed by atoms with E-state index in [1.165, 1.54) is 17.4 Å². The Morgan fingerprint density at radius 2 is 2.19 bits per heavy atom. The van der Waals surface area contributed by atoms with Crippen LogP contribution < -0.4 is 0 Å². The molecule has 0 amide bonds. The Morgan fingerprint density at radius 3 is 3.05 bits per heavy atom. The number of hydrogen-bond donors (Lipinski definition) is 0. The van der Waals surface area contributed by atoms with Gasteiger partial charge in [0.05, 0.1) is 11.6 Å². The summed E-state index contributed by atoms with van der Waals surface area (Å²) >= 11 is 0. The van der Waals surface area contributed by atoms with Gasteiger partial charge in [-0.15, -0.1) is 0 Å². The molecule has 0 saturated carbocycles. The van der Waals surface area contributed by atoms with Crippen LogP contribution in [0.3, 0.4) is 0 Å². The van der Waals surface area contributed by atoms with E-state index in [0.29, 0.717) is 0 Å². The molecule has 3 heteroatoms. The molecule has 21 heavy (non-hydrogen) atoms. The van der Waals surface area contributed by atoms with Crippen molar-refractivity contribution in [2.45, 2.75) is 44.8 Å². The molecule has 2 aliphatic heterocycles. The van der Waals surface area contributed by atoms with Crippen LogP contribution in [0.5, 0.6) is 0 Å². The third-order valence-corrected chi connectivity index (χ3v) is 5.16. The van der Waals surface area contributed by atoms with Crippen LogP contribution in [0.4, 0.5) is 0 Å². The van der Waals surface area contributed by atoms with Crippen molar-refractivity contribution in [3.05, 3.63) is 35.6 Å². The Balaban J connectivity index is 1.87. The van der Waals surface area contributed by atoms with Gasteiger partial charge in [-0.1, -0.05) is 18.2 Å². The second-order valence-corrected chi connectivity index (χ2v) is 6.48. The molecule has 2 atom stereocenters. The molecule has 1 aromatic heterocycles. The minimum atomic E-state index is -0.129. The molecule has 1 saturated heterocycles. The molecule has 0 aliphatic carbocycles. The molecule has 3 heterocycles. The molecule has 0 unspecified atom stereocenters. The molecule has 2 aliphatic rings. The summed E-state index contributed by atoms with van der Waals surface area (Å²) in [5, 5.41) is 1.29. The maximum Gasteiger partial charge on any atom is 0.134 e. The highest BCUT2D eigenvalue weighted by atomic mass is 16.5. The molecular weight excluding hydrogens is 262 g/mol. The number of ether oxygens (including phenoxy) is 1. The van der Waals surface area contributed by atoms with Crippen LogP contribution >= 0.6 is 0 Å². The Hall–Kier alpha value is -1.32. The minimum absolute atomic E-state index is 0.129. The Kier molecular flexibility index (Phi) is 3.09. The van der Waals surface area contributed by atoms with Crippen LogP contribution in [0.2, 0.25) is 0 Å². The van der Waals surface area contributed by atoms with Gasteiger partial charge >= 0.3 is 0 Å². The van der Waals surface area contributed by atoms with Gasteiger partial charge in [0.1, 0.15) is 11.3 Å². The van der Waals surface area contributed by atoms with E-state index in [4.69, 9.17) is 9.15 Å². The first-order chi connectivity index (χ1) is 10.2. The standard InChI is InChI=1S/C18H23NO2/c1-3-20-18(2)10-6-11-19-12-9-14-13-7-4-5-8-15(13)21-16(14)17(18)19/h4-5,7-8,17H,3,6,9-12H2,1-2H3/t17-,18+/m0/s1. The van der Waals surface area contributed by atoms with Gasteiger partial charge in [-0.2, -0.15) is 0 Å². The summed E-state index contributed by atoms with van der Waals surface area (Å²) in [4.78, 5) is 2.56. The van der Waals surface area contributed by atoms with Crippen LogP contribution in [0, 0.1) is 0 Å². The van der Waals surface area contributed by atoms with E-state index in [-0.39, 0.29) is 11.6 Å². The van der Waals surface area contributed by atoms with E-state index in [1.807, 2.05) is 0 Å². The molecule has 0 bridgehead atoms. The zero-order chi connectivity index (χ0) is 14.4. The number of rotatable bonds is 2. The van der Waals surface area contributed by atoms with Crippen molar-refractivity contribution < 1.29 is 9.15 Å². The Morgan fingerprint density at radius 1 is 1.33 bits per heavy atom. The Bertz CT molecular complexity index is 658. The minimum Gasteiger partial charge on any atom is -0.459 e. The molecule has 0 N–H and O–H groups in total. The van der Waals surface area contributed by atoms with E-state index in [0.717, 1.165) is 43.9 Å². The van der Waals surface area contributed by atoms with Crippen molar-refractivity contribution in [1.29, 1.82) is 0 Å². The lowest BCUT2D eigenvalue weighted by molar-refractivity contribution is -0.123. The largest absolute Gasteiger partial charge is 0.459 e. The van der Waals surface area contributed by atoms with E-state index in [9.17, 15) is 0 Å². The summed E-state index contributed by atoms with van der Waals surface area (Å²) in [7, 11) is 0. The second-order valence-electron chi connectivity index (χ2n) is 6.48. The number of para-hydroxylation sites is 1. The zero-order valence-electron chi connectivity index (χ0n) is 12.9. The van der Waals surface area contributed by atoms with E-state index < -0.39 is 0 Å². The topological polar surface area (TPSA) is 25.6 Å². The number of fused-ring (bicyclic) bond motifs is 5. The van der Waals surface area contributed by atoms with Gasteiger partial charge in [0.25, 0.3) is 0 Å². The lowest BCUT2D eigenvalue weighted by atomic mass is 9.80. The first kappa shape index (κ1) is 13.4. The van der Waals surface area contributed by atoms with Gasteiger partial charge in [0.2, 0.25) is 0 Å². The number of benzene rings is 1. The lowest BCUT2D eigenvalue weighted by Gasteiger charge is -2.49. The van der Waals surface area contributed by atoms with Gasteiger partial charge < -0.3 is 9.15 Å². The van der Waals surface area contributed by atoms with Crippen molar-refractivity contribution >= 4 is 11.0 Å². The normalized spacial score (nSPS) is 29.3. The first-order valence-electron chi connectivity index (χ1n) is 8.11. The second kappa shape index (κ2) is 4.85. The number of hydrogen-bond acceptors (Lipinski definition) is 3.